The third-order valence-electron chi connectivity index (χ3n) is 13.5. The number of aromatic nitrogens is 11. The van der Waals surface area contributed by atoms with Crippen LogP contribution in [0.5, 0.6) is 0 Å². The summed E-state index contributed by atoms with van der Waals surface area (Å²) in [5.41, 5.74) is 21.7. The topological polar surface area (TPSA) is 324 Å². The number of benzene rings is 4. The van der Waals surface area contributed by atoms with E-state index in [4.69, 9.17) is 53.7 Å². The van der Waals surface area contributed by atoms with Crippen LogP contribution in [0.15, 0.2) is 88.9 Å². The normalized spacial score (nSPS) is 11.4. The first-order valence-corrected chi connectivity index (χ1v) is 46.7. The number of aromatic amines is 5. The summed E-state index contributed by atoms with van der Waals surface area (Å²) in [5.74, 6) is 5.89. The van der Waals surface area contributed by atoms with Crippen LogP contribution in [0.2, 0.25) is 103 Å². The van der Waals surface area contributed by atoms with E-state index in [1.165, 1.54) is 24.2 Å². The zero-order valence-corrected chi connectivity index (χ0v) is 63.6. The number of ether oxygens (including phenoxy) is 4. The van der Waals surface area contributed by atoms with Gasteiger partial charge < -0.3 is 41.2 Å². The molecule has 26 heteroatoms. The Morgan fingerprint density at radius 3 is 1.20 bits per heavy atom. The van der Waals surface area contributed by atoms with E-state index in [2.05, 4.69) is 146 Å². The van der Waals surface area contributed by atoms with Gasteiger partial charge in [0.1, 0.15) is 17.0 Å². The predicted molar refractivity (Wildman–Crippen MR) is 399 cm³/mol. The third kappa shape index (κ3) is 32.5. The Morgan fingerprint density at radius 2 is 0.859 bits per heavy atom. The van der Waals surface area contributed by atoms with Crippen LogP contribution in [-0.4, -0.2) is 152 Å². The minimum Gasteiger partial charge on any atom is -0.389 e. The Morgan fingerprint density at radius 1 is 0.522 bits per heavy atom. The molecule has 0 unspecified atom stereocenters. The van der Waals surface area contributed by atoms with E-state index in [1.807, 2.05) is 122 Å². The van der Waals surface area contributed by atoms with Crippen LogP contribution in [-0.2, 0) is 18.9 Å². The van der Waals surface area contributed by atoms with Gasteiger partial charge in [-0.15, -0.1) is 5.10 Å². The molecular formula is C66H108N16O5SSi4. The van der Waals surface area contributed by atoms with Crippen LogP contribution < -0.4 is 22.9 Å². The van der Waals surface area contributed by atoms with Crippen molar-refractivity contribution in [3.63, 3.8) is 0 Å². The number of nitrogens with one attached hydrogen (secondary N) is 5. The summed E-state index contributed by atoms with van der Waals surface area (Å²) in [5, 5.41) is 51.8. The van der Waals surface area contributed by atoms with Crippen LogP contribution in [0.25, 0.3) is 55.0 Å². The molecule has 504 valence electrons. The fraction of sp³-hybridized carbons (Fsp3) is 0.485. The van der Waals surface area contributed by atoms with Gasteiger partial charge in [0, 0.05) is 146 Å². The standard InChI is InChI=1S/C11H9N5O.C9H11N5.C9H9N3S.C9H7N3.4C7H18OSi/c1-6-8-4-7(2-3-9(8)15-14-6)11-13-10(17)5-12-16-11;1-5-7-4-6(9(10)12-11)2-3-8(7)14-13-5;1-5-7-4-6(9(10)13)2-3-8(7)12-11-5;1-6-8-4-7(5-10)2-3-9(8)12-11-6;4*1-5-8-6-7-9(2,3)4/h2-5H,1H3,(H,14,15)(H,13,16,17);2-4H,11H2,1H3,(H2,10,12)(H,13,14);2-4H,1H3,(H2,10,13)(H,11,12);2-4H,1H3,(H,11,12);4*5-7H2,1-4H3. The first kappa shape index (κ1) is 81.0. The molecule has 0 aliphatic rings. The smallest absolute Gasteiger partial charge is 0.269 e. The number of hydrogen-bond acceptors (Lipinski definition) is 15. The molecular weight excluding hydrogens is 1240 g/mol. The quantitative estimate of drug-likeness (QED) is 0.00709. The summed E-state index contributed by atoms with van der Waals surface area (Å²) >= 11 is 4.89. The molecule has 0 bridgehead atoms. The molecule has 0 fully saturated rings. The molecule has 0 saturated heterocycles. The molecule has 4 aromatic carbocycles. The molecule has 11 N–H and O–H groups in total. The summed E-state index contributed by atoms with van der Waals surface area (Å²) in [6, 6.07) is 29.8. The molecule has 0 atom stereocenters. The van der Waals surface area contributed by atoms with Crippen LogP contribution in [0.3, 0.4) is 0 Å². The average molecular weight is 1350 g/mol. The van der Waals surface area contributed by atoms with Gasteiger partial charge in [-0.2, -0.15) is 35.9 Å². The molecule has 5 aromatic heterocycles. The highest BCUT2D eigenvalue weighted by Crippen LogP contribution is 2.23. The van der Waals surface area contributed by atoms with Crippen molar-refractivity contribution in [1.29, 1.82) is 5.26 Å². The lowest BCUT2D eigenvalue weighted by molar-refractivity contribution is 0.161. The number of hydrazone groups is 1. The van der Waals surface area contributed by atoms with E-state index in [-0.39, 0.29) is 5.56 Å². The minimum absolute atomic E-state index is 0.265. The molecule has 0 spiro atoms. The van der Waals surface area contributed by atoms with E-state index < -0.39 is 32.3 Å². The van der Waals surface area contributed by atoms with Crippen molar-refractivity contribution >= 4 is 98.9 Å². The Labute approximate surface area is 555 Å². The highest BCUT2D eigenvalue weighted by Gasteiger charge is 2.14. The zero-order valence-electron chi connectivity index (χ0n) is 58.8. The lowest BCUT2D eigenvalue weighted by Gasteiger charge is -2.14. The monoisotopic (exact) mass is 1350 g/mol. The van der Waals surface area contributed by atoms with E-state index >= 15 is 0 Å². The number of nitrogens with zero attached hydrogens (tertiary/aromatic N) is 8. The van der Waals surface area contributed by atoms with Crippen molar-refractivity contribution in [1.82, 2.24) is 56.0 Å². The van der Waals surface area contributed by atoms with E-state index in [9.17, 15) is 4.79 Å². The minimum atomic E-state index is -0.819. The zero-order chi connectivity index (χ0) is 69.2. The molecule has 0 aliphatic heterocycles. The molecule has 0 aliphatic carbocycles. The molecule has 9 rings (SSSR count). The Kier molecular flexibility index (Phi) is 35.9. The molecule has 92 heavy (non-hydrogen) atoms. The van der Waals surface area contributed by atoms with E-state index in [0.29, 0.717) is 22.2 Å². The van der Waals surface area contributed by atoms with Gasteiger partial charge in [0.15, 0.2) is 5.82 Å². The first-order valence-electron chi connectivity index (χ1n) is 31.5. The van der Waals surface area contributed by atoms with E-state index in [1.54, 1.807) is 6.07 Å². The lowest BCUT2D eigenvalue weighted by Crippen LogP contribution is -2.21. The van der Waals surface area contributed by atoms with E-state index in [0.717, 1.165) is 142 Å². The fourth-order valence-electron chi connectivity index (χ4n) is 7.69. The number of nitrogens with two attached hydrogens (primary N) is 3. The summed E-state index contributed by atoms with van der Waals surface area (Å²) < 4.78 is 21.0. The first-order chi connectivity index (χ1) is 43.2. The van der Waals surface area contributed by atoms with Gasteiger partial charge in [0.2, 0.25) is 0 Å². The number of aryl methyl sites for hydroxylation is 4. The molecule has 0 amide bonds. The number of rotatable bonds is 19. The second-order valence-electron chi connectivity index (χ2n) is 26.5. The lowest BCUT2D eigenvalue weighted by atomic mass is 10.1. The summed E-state index contributed by atoms with van der Waals surface area (Å²) in [6.07, 6.45) is 1.14. The Hall–Kier alpha value is -7.07. The predicted octanol–water partition coefficient (Wildman–Crippen LogP) is 14.2. The maximum absolute atomic E-state index is 11.2. The maximum Gasteiger partial charge on any atom is 0.269 e. The van der Waals surface area contributed by atoms with Gasteiger partial charge in [-0.25, -0.2) is 0 Å². The highest BCUT2D eigenvalue weighted by atomic mass is 32.1. The van der Waals surface area contributed by atoms with Crippen molar-refractivity contribution < 1.29 is 18.9 Å². The highest BCUT2D eigenvalue weighted by molar-refractivity contribution is 7.80. The van der Waals surface area contributed by atoms with Gasteiger partial charge >= 0.3 is 0 Å². The van der Waals surface area contributed by atoms with Gasteiger partial charge in [0.05, 0.1) is 33.7 Å². The van der Waals surface area contributed by atoms with Crippen molar-refractivity contribution in [3.8, 4) is 17.5 Å². The third-order valence-corrected chi connectivity index (χ3v) is 20.5. The van der Waals surface area contributed by atoms with Crippen molar-refractivity contribution in [2.24, 2.45) is 22.4 Å². The molecule has 0 radical (unpaired) electrons. The maximum atomic E-state index is 11.2. The number of hydrogen-bond donors (Lipinski definition) is 8. The summed E-state index contributed by atoms with van der Waals surface area (Å²) in [6.45, 7) is 51.7. The van der Waals surface area contributed by atoms with Gasteiger partial charge in [0.25, 0.3) is 5.56 Å². The van der Waals surface area contributed by atoms with Gasteiger partial charge in [-0.05, 0) is 152 Å². The second kappa shape index (κ2) is 40.8. The Bertz CT molecular complexity index is 3650. The van der Waals surface area contributed by atoms with Gasteiger partial charge in [-0.3, -0.25) is 25.2 Å². The number of thiocarbonyl (C=S) groups is 1. The van der Waals surface area contributed by atoms with Crippen LogP contribution >= 0.6 is 12.2 Å². The number of fused-ring (bicyclic) bond motifs is 4. The Balaban J connectivity index is 0.000000363. The number of H-pyrrole nitrogens is 5. The van der Waals surface area contributed by atoms with Crippen LogP contribution in [0.1, 0.15) is 67.2 Å². The number of amidine groups is 1. The van der Waals surface area contributed by atoms with Gasteiger partial charge in [-0.1, -0.05) is 90.8 Å². The SMILES string of the molecule is CCOCC[Si](C)(C)C.CCOCC[Si](C)(C)C.CCOCC[Si](C)(C)C.CCOCC[Si](C)(C)C.Cc1[nH]nc2ccc(-c3nncc(=O)[nH]3)cc12.Cc1[nH]nc2ccc(C#N)cc12.Cc1[nH]nc2ccc(C(N)=NN)cc12.Cc1[nH]nc2ccc(C(N)=S)cc12. The number of nitriles is 1. The second-order valence-corrected chi connectivity index (χ2v) is 49.5. The summed E-state index contributed by atoms with van der Waals surface area (Å²) in [7, 11) is -3.28. The largest absolute Gasteiger partial charge is 0.389 e. The van der Waals surface area contributed by atoms with Crippen molar-refractivity contribution in [2.45, 2.75) is 158 Å². The summed E-state index contributed by atoms with van der Waals surface area (Å²) in [4.78, 5) is 14.2. The van der Waals surface area contributed by atoms with Crippen LogP contribution in [0.4, 0.5) is 0 Å². The molecule has 0 saturated carbocycles. The molecule has 21 nitrogen and oxygen atoms in total. The van der Waals surface area contributed by atoms with Crippen molar-refractivity contribution in [2.75, 3.05) is 52.9 Å². The van der Waals surface area contributed by atoms with Crippen LogP contribution in [0, 0.1) is 39.0 Å². The fourth-order valence-corrected chi connectivity index (χ4v) is 10.8. The molecule has 5 heterocycles. The van der Waals surface area contributed by atoms with Crippen molar-refractivity contribution in [3.05, 3.63) is 129 Å². The average Bonchev–Trinajstić information content (AvgIpc) is 1.67. The molecule has 9 aromatic rings.